The number of hydrogen-bond donors (Lipinski definition) is 3. The largest absolute Gasteiger partial charge is 0.396 e. The predicted molar refractivity (Wildman–Crippen MR) is 81.7 cm³/mol. The summed E-state index contributed by atoms with van der Waals surface area (Å²) >= 11 is 7.62. The lowest BCUT2D eigenvalue weighted by Crippen LogP contribution is -2.38. The molecular weight excluding hydrogens is 326 g/mol. The van der Waals surface area contributed by atoms with Gasteiger partial charge < -0.3 is 10.4 Å². The van der Waals surface area contributed by atoms with E-state index in [0.717, 1.165) is 35.1 Å². The van der Waals surface area contributed by atoms with Crippen molar-refractivity contribution in [3.05, 3.63) is 28.2 Å². The van der Waals surface area contributed by atoms with Crippen LogP contribution in [0.1, 0.15) is 36.0 Å². The SMILES string of the molecule is O=C(NCC1(CO)CCCC1)c1cc(S)ccc1Br. The van der Waals surface area contributed by atoms with Crippen LogP contribution < -0.4 is 5.32 Å². The molecule has 0 saturated heterocycles. The molecule has 0 atom stereocenters. The minimum atomic E-state index is -0.124. The molecule has 1 aromatic rings. The Kier molecular flexibility index (Phi) is 4.92. The Bertz CT molecular complexity index is 473. The second-order valence-corrected chi connectivity index (χ2v) is 6.58. The van der Waals surface area contributed by atoms with E-state index in [0.29, 0.717) is 12.1 Å². The minimum absolute atomic E-state index is 0.123. The molecule has 1 amide bonds. The highest BCUT2D eigenvalue weighted by molar-refractivity contribution is 9.10. The maximum absolute atomic E-state index is 12.2. The van der Waals surface area contributed by atoms with Gasteiger partial charge in [-0.3, -0.25) is 4.79 Å². The van der Waals surface area contributed by atoms with Crippen LogP contribution >= 0.6 is 28.6 Å². The van der Waals surface area contributed by atoms with Crippen molar-refractivity contribution in [2.24, 2.45) is 5.41 Å². The number of nitrogens with one attached hydrogen (secondary N) is 1. The lowest BCUT2D eigenvalue weighted by molar-refractivity contribution is 0.0879. The van der Waals surface area contributed by atoms with Gasteiger partial charge in [-0.05, 0) is 47.0 Å². The first-order valence-corrected chi connectivity index (χ1v) is 7.68. The van der Waals surface area contributed by atoms with Crippen molar-refractivity contribution < 1.29 is 9.90 Å². The van der Waals surface area contributed by atoms with Crippen molar-refractivity contribution >= 4 is 34.5 Å². The Morgan fingerprint density at radius 1 is 1.42 bits per heavy atom. The molecule has 0 aromatic heterocycles. The standard InChI is InChI=1S/C14H18BrNO2S/c15-12-4-3-10(19)7-11(12)13(18)16-8-14(9-17)5-1-2-6-14/h3-4,7,17,19H,1-2,5-6,8-9H2,(H,16,18). The summed E-state index contributed by atoms with van der Waals surface area (Å²) in [6, 6.07) is 5.38. The number of hydrogen-bond acceptors (Lipinski definition) is 3. The monoisotopic (exact) mass is 343 g/mol. The number of rotatable bonds is 4. The molecule has 3 nitrogen and oxygen atoms in total. The van der Waals surface area contributed by atoms with Gasteiger partial charge >= 0.3 is 0 Å². The number of carbonyl (C=O) groups excluding carboxylic acids is 1. The van der Waals surface area contributed by atoms with E-state index in [1.165, 1.54) is 0 Å². The zero-order valence-electron chi connectivity index (χ0n) is 10.7. The van der Waals surface area contributed by atoms with Crippen molar-refractivity contribution in [1.82, 2.24) is 5.32 Å². The molecule has 0 heterocycles. The lowest BCUT2D eigenvalue weighted by Gasteiger charge is -2.26. The van der Waals surface area contributed by atoms with E-state index in [9.17, 15) is 9.90 Å². The van der Waals surface area contributed by atoms with Crippen LogP contribution in [0, 0.1) is 5.41 Å². The van der Waals surface area contributed by atoms with Gasteiger partial charge in [-0.2, -0.15) is 0 Å². The summed E-state index contributed by atoms with van der Waals surface area (Å²) in [5, 5.41) is 12.5. The van der Waals surface area contributed by atoms with Crippen molar-refractivity contribution in [2.75, 3.05) is 13.2 Å². The van der Waals surface area contributed by atoms with Gasteiger partial charge in [0.2, 0.25) is 0 Å². The third-order valence-corrected chi connectivity index (χ3v) is 4.79. The molecule has 1 aromatic carbocycles. The fourth-order valence-corrected chi connectivity index (χ4v) is 3.20. The highest BCUT2D eigenvalue weighted by Crippen LogP contribution is 2.37. The van der Waals surface area contributed by atoms with Gasteiger partial charge in [-0.15, -0.1) is 12.6 Å². The molecule has 104 valence electrons. The van der Waals surface area contributed by atoms with E-state index in [1.807, 2.05) is 12.1 Å². The van der Waals surface area contributed by atoms with Gasteiger partial charge in [0, 0.05) is 21.3 Å². The molecule has 1 aliphatic carbocycles. The lowest BCUT2D eigenvalue weighted by atomic mass is 9.87. The van der Waals surface area contributed by atoms with Crippen molar-refractivity contribution in [3.63, 3.8) is 0 Å². The minimum Gasteiger partial charge on any atom is -0.396 e. The van der Waals surface area contributed by atoms with Crippen LogP contribution in [-0.4, -0.2) is 24.2 Å². The summed E-state index contributed by atoms with van der Waals surface area (Å²) in [6.07, 6.45) is 4.23. The number of benzene rings is 1. The number of carbonyl (C=O) groups is 1. The molecule has 0 aliphatic heterocycles. The zero-order valence-corrected chi connectivity index (χ0v) is 13.1. The van der Waals surface area contributed by atoms with Gasteiger partial charge in [0.25, 0.3) is 5.91 Å². The van der Waals surface area contributed by atoms with Crippen LogP contribution in [0.2, 0.25) is 0 Å². The first-order chi connectivity index (χ1) is 9.06. The molecule has 5 heteroatoms. The molecule has 1 saturated carbocycles. The van der Waals surface area contributed by atoms with Gasteiger partial charge in [0.1, 0.15) is 0 Å². The Morgan fingerprint density at radius 2 is 2.11 bits per heavy atom. The average molecular weight is 344 g/mol. The molecule has 0 radical (unpaired) electrons. The quantitative estimate of drug-likeness (QED) is 0.736. The van der Waals surface area contributed by atoms with Gasteiger partial charge in [-0.25, -0.2) is 0 Å². The zero-order chi connectivity index (χ0) is 13.9. The number of aliphatic hydroxyl groups excluding tert-OH is 1. The predicted octanol–water partition coefficient (Wildman–Crippen LogP) is 3.02. The normalized spacial score (nSPS) is 17.4. The van der Waals surface area contributed by atoms with Crippen LogP contribution in [0.15, 0.2) is 27.6 Å². The Balaban J connectivity index is 2.03. The third-order valence-electron chi connectivity index (χ3n) is 3.82. The Hall–Kier alpha value is -0.520. The average Bonchev–Trinajstić information content (AvgIpc) is 2.88. The third kappa shape index (κ3) is 3.52. The number of aliphatic hydroxyl groups is 1. The van der Waals surface area contributed by atoms with E-state index in [4.69, 9.17) is 0 Å². The molecule has 0 bridgehead atoms. The summed E-state index contributed by atoms with van der Waals surface area (Å²) in [5.74, 6) is -0.123. The number of amides is 1. The highest BCUT2D eigenvalue weighted by atomic mass is 79.9. The summed E-state index contributed by atoms with van der Waals surface area (Å²) in [4.78, 5) is 12.9. The van der Waals surface area contributed by atoms with Crippen LogP contribution in [0.5, 0.6) is 0 Å². The second kappa shape index (κ2) is 6.29. The Morgan fingerprint density at radius 3 is 2.74 bits per heavy atom. The second-order valence-electron chi connectivity index (χ2n) is 5.21. The number of halogens is 1. The Labute approximate surface area is 127 Å². The van der Waals surface area contributed by atoms with Gasteiger partial charge in [0.15, 0.2) is 0 Å². The van der Waals surface area contributed by atoms with E-state index >= 15 is 0 Å². The topological polar surface area (TPSA) is 49.3 Å². The van der Waals surface area contributed by atoms with Gasteiger partial charge in [0.05, 0.1) is 12.2 Å². The molecule has 19 heavy (non-hydrogen) atoms. The van der Waals surface area contributed by atoms with Crippen molar-refractivity contribution in [3.8, 4) is 0 Å². The molecule has 1 fully saturated rings. The molecule has 0 unspecified atom stereocenters. The smallest absolute Gasteiger partial charge is 0.252 e. The number of thiol groups is 1. The fourth-order valence-electron chi connectivity index (χ4n) is 2.57. The summed E-state index contributed by atoms with van der Waals surface area (Å²) < 4.78 is 0.757. The molecule has 1 aliphatic rings. The first-order valence-electron chi connectivity index (χ1n) is 6.44. The maximum Gasteiger partial charge on any atom is 0.252 e. The van der Waals surface area contributed by atoms with E-state index in [2.05, 4.69) is 33.9 Å². The summed E-state index contributed by atoms with van der Waals surface area (Å²) in [7, 11) is 0. The molecule has 0 spiro atoms. The summed E-state index contributed by atoms with van der Waals surface area (Å²) in [6.45, 7) is 0.673. The van der Waals surface area contributed by atoms with Gasteiger partial charge in [-0.1, -0.05) is 12.8 Å². The highest BCUT2D eigenvalue weighted by Gasteiger charge is 2.33. The van der Waals surface area contributed by atoms with E-state index in [1.54, 1.807) is 6.07 Å². The van der Waals surface area contributed by atoms with E-state index < -0.39 is 0 Å². The maximum atomic E-state index is 12.2. The fraction of sp³-hybridized carbons (Fsp3) is 0.500. The van der Waals surface area contributed by atoms with Crippen LogP contribution in [0.3, 0.4) is 0 Å². The molecular formula is C14H18BrNO2S. The van der Waals surface area contributed by atoms with Crippen LogP contribution in [0.25, 0.3) is 0 Å². The van der Waals surface area contributed by atoms with Crippen LogP contribution in [0.4, 0.5) is 0 Å². The molecule has 2 rings (SSSR count). The first kappa shape index (κ1) is 14.9. The van der Waals surface area contributed by atoms with E-state index in [-0.39, 0.29) is 17.9 Å². The summed E-state index contributed by atoms with van der Waals surface area (Å²) in [5.41, 5.74) is 0.458. The van der Waals surface area contributed by atoms with Crippen molar-refractivity contribution in [2.45, 2.75) is 30.6 Å². The molecule has 2 N–H and O–H groups in total. The van der Waals surface area contributed by atoms with Crippen molar-refractivity contribution in [1.29, 1.82) is 0 Å². The van der Waals surface area contributed by atoms with Crippen LogP contribution in [-0.2, 0) is 0 Å².